The molecule has 6 nitrogen and oxygen atoms in total. The zero-order valence-electron chi connectivity index (χ0n) is 18.9. The molecule has 1 amide bonds. The molecule has 0 atom stereocenters. The number of rotatable bonds is 9. The molecule has 32 heavy (non-hydrogen) atoms. The summed E-state index contributed by atoms with van der Waals surface area (Å²) >= 11 is 5.98. The SMILES string of the molecule is COc1ccc2c(c1)c(CC(=O)NCCCOC(C)C)c(C)n2C(=O)c1ccc(Cl)cc1. The summed E-state index contributed by atoms with van der Waals surface area (Å²) in [6, 6.07) is 12.3. The van der Waals surface area contributed by atoms with E-state index in [1.807, 2.05) is 39.0 Å². The molecule has 0 aliphatic carbocycles. The number of fused-ring (bicyclic) bond motifs is 1. The van der Waals surface area contributed by atoms with Crippen molar-refractivity contribution in [1.29, 1.82) is 0 Å². The van der Waals surface area contributed by atoms with E-state index in [4.69, 9.17) is 21.1 Å². The predicted molar refractivity (Wildman–Crippen MR) is 127 cm³/mol. The van der Waals surface area contributed by atoms with Crippen molar-refractivity contribution in [2.75, 3.05) is 20.3 Å². The van der Waals surface area contributed by atoms with Crippen LogP contribution in [-0.4, -0.2) is 42.7 Å². The van der Waals surface area contributed by atoms with E-state index in [1.54, 1.807) is 35.9 Å². The Hall–Kier alpha value is -2.83. The maximum absolute atomic E-state index is 13.3. The molecular formula is C25H29ClN2O4. The topological polar surface area (TPSA) is 69.6 Å². The van der Waals surface area contributed by atoms with Crippen molar-refractivity contribution in [3.63, 3.8) is 0 Å². The Labute approximate surface area is 193 Å². The maximum atomic E-state index is 13.3. The molecule has 0 bridgehead atoms. The van der Waals surface area contributed by atoms with E-state index >= 15 is 0 Å². The molecule has 0 saturated heterocycles. The van der Waals surface area contributed by atoms with Crippen LogP contribution >= 0.6 is 11.6 Å². The Kier molecular flexibility index (Phi) is 7.94. The molecule has 170 valence electrons. The molecule has 0 spiro atoms. The molecule has 0 aliphatic heterocycles. The lowest BCUT2D eigenvalue weighted by Gasteiger charge is -2.09. The Morgan fingerprint density at radius 1 is 1.12 bits per heavy atom. The van der Waals surface area contributed by atoms with Crippen molar-refractivity contribution in [1.82, 2.24) is 9.88 Å². The summed E-state index contributed by atoms with van der Waals surface area (Å²) in [7, 11) is 1.59. The third-order valence-corrected chi connectivity index (χ3v) is 5.52. The minimum atomic E-state index is -0.174. The monoisotopic (exact) mass is 456 g/mol. The highest BCUT2D eigenvalue weighted by molar-refractivity contribution is 6.30. The number of carbonyl (C=O) groups is 2. The normalized spacial score (nSPS) is 11.2. The van der Waals surface area contributed by atoms with Gasteiger partial charge < -0.3 is 14.8 Å². The number of nitrogens with zero attached hydrogens (tertiary/aromatic N) is 1. The van der Waals surface area contributed by atoms with E-state index in [0.717, 1.165) is 28.6 Å². The van der Waals surface area contributed by atoms with Crippen LogP contribution in [0, 0.1) is 6.92 Å². The molecule has 0 unspecified atom stereocenters. The summed E-state index contributed by atoms with van der Waals surface area (Å²) in [5, 5.41) is 4.33. The molecule has 0 fully saturated rings. The van der Waals surface area contributed by atoms with Gasteiger partial charge in [0.1, 0.15) is 5.75 Å². The molecular weight excluding hydrogens is 428 g/mol. The van der Waals surface area contributed by atoms with E-state index in [1.165, 1.54) is 0 Å². The standard InChI is InChI=1S/C25H29ClN2O4/c1-16(2)32-13-5-12-27-24(29)15-21-17(3)28(23-11-10-20(31-4)14-22(21)23)25(30)18-6-8-19(26)9-7-18/h6-11,14,16H,5,12-13,15H2,1-4H3,(H,27,29). The van der Waals surface area contributed by atoms with Gasteiger partial charge in [-0.1, -0.05) is 11.6 Å². The number of benzene rings is 2. The molecule has 3 aromatic rings. The van der Waals surface area contributed by atoms with Crippen LogP contribution in [0.25, 0.3) is 10.9 Å². The Morgan fingerprint density at radius 2 is 1.84 bits per heavy atom. The maximum Gasteiger partial charge on any atom is 0.262 e. The first-order valence-corrected chi connectivity index (χ1v) is 11.1. The minimum absolute atomic E-state index is 0.0986. The third kappa shape index (κ3) is 5.50. The Bertz CT molecular complexity index is 1100. The molecule has 3 rings (SSSR count). The number of methoxy groups -OCH3 is 1. The van der Waals surface area contributed by atoms with Crippen molar-refractivity contribution in [2.45, 2.75) is 39.7 Å². The summed E-state index contributed by atoms with van der Waals surface area (Å²) in [5.41, 5.74) is 2.78. The molecule has 1 N–H and O–H groups in total. The average Bonchev–Trinajstić information content (AvgIpc) is 3.03. The third-order valence-electron chi connectivity index (χ3n) is 5.27. The van der Waals surface area contributed by atoms with Gasteiger partial charge in [-0.25, -0.2) is 0 Å². The predicted octanol–water partition coefficient (Wildman–Crippen LogP) is 4.77. The van der Waals surface area contributed by atoms with Gasteiger partial charge in [-0.05, 0) is 75.2 Å². The van der Waals surface area contributed by atoms with Gasteiger partial charge in [0.25, 0.3) is 5.91 Å². The van der Waals surface area contributed by atoms with Crippen LogP contribution in [0.4, 0.5) is 0 Å². The van der Waals surface area contributed by atoms with Crippen LogP contribution in [0.15, 0.2) is 42.5 Å². The number of nitrogens with one attached hydrogen (secondary N) is 1. The van der Waals surface area contributed by atoms with Crippen molar-refractivity contribution in [2.24, 2.45) is 0 Å². The highest BCUT2D eigenvalue weighted by Gasteiger charge is 2.22. The lowest BCUT2D eigenvalue weighted by atomic mass is 10.1. The highest BCUT2D eigenvalue weighted by atomic mass is 35.5. The average molecular weight is 457 g/mol. The van der Waals surface area contributed by atoms with E-state index in [-0.39, 0.29) is 24.3 Å². The van der Waals surface area contributed by atoms with Crippen LogP contribution in [0.2, 0.25) is 5.02 Å². The Balaban J connectivity index is 1.88. The molecule has 0 radical (unpaired) electrons. The zero-order valence-corrected chi connectivity index (χ0v) is 19.7. The van der Waals surface area contributed by atoms with Gasteiger partial charge in [-0.3, -0.25) is 14.2 Å². The Morgan fingerprint density at radius 3 is 2.50 bits per heavy atom. The zero-order chi connectivity index (χ0) is 23.3. The van der Waals surface area contributed by atoms with Crippen molar-refractivity contribution in [3.05, 3.63) is 64.3 Å². The van der Waals surface area contributed by atoms with Gasteiger partial charge in [-0.15, -0.1) is 0 Å². The number of carbonyl (C=O) groups excluding carboxylic acids is 2. The van der Waals surface area contributed by atoms with Crippen LogP contribution in [0.3, 0.4) is 0 Å². The molecule has 2 aromatic carbocycles. The largest absolute Gasteiger partial charge is 0.497 e. The second kappa shape index (κ2) is 10.7. The first-order chi connectivity index (χ1) is 15.3. The lowest BCUT2D eigenvalue weighted by Crippen LogP contribution is -2.27. The van der Waals surface area contributed by atoms with Gasteiger partial charge in [0.2, 0.25) is 5.91 Å². The van der Waals surface area contributed by atoms with E-state index in [0.29, 0.717) is 29.5 Å². The van der Waals surface area contributed by atoms with Gasteiger partial charge in [0.15, 0.2) is 0 Å². The van der Waals surface area contributed by atoms with Gasteiger partial charge in [0, 0.05) is 34.8 Å². The minimum Gasteiger partial charge on any atom is -0.497 e. The summed E-state index contributed by atoms with van der Waals surface area (Å²) in [5.74, 6) is 0.395. The number of hydrogen-bond donors (Lipinski definition) is 1. The van der Waals surface area contributed by atoms with Gasteiger partial charge >= 0.3 is 0 Å². The summed E-state index contributed by atoms with van der Waals surface area (Å²) < 4.78 is 12.5. The number of aromatic nitrogens is 1. The van der Waals surface area contributed by atoms with Crippen molar-refractivity contribution < 1.29 is 19.1 Å². The van der Waals surface area contributed by atoms with Crippen molar-refractivity contribution >= 4 is 34.3 Å². The van der Waals surface area contributed by atoms with Gasteiger partial charge in [-0.2, -0.15) is 0 Å². The van der Waals surface area contributed by atoms with Crippen LogP contribution in [-0.2, 0) is 16.0 Å². The molecule has 1 heterocycles. The van der Waals surface area contributed by atoms with E-state index in [9.17, 15) is 9.59 Å². The van der Waals surface area contributed by atoms with E-state index in [2.05, 4.69) is 5.32 Å². The summed E-state index contributed by atoms with van der Waals surface area (Å²) in [6.45, 7) is 6.96. The number of halogens is 1. The molecule has 7 heteroatoms. The van der Waals surface area contributed by atoms with Crippen LogP contribution in [0.1, 0.15) is 41.9 Å². The van der Waals surface area contributed by atoms with E-state index < -0.39 is 0 Å². The highest BCUT2D eigenvalue weighted by Crippen LogP contribution is 2.30. The fraction of sp³-hybridized carbons (Fsp3) is 0.360. The van der Waals surface area contributed by atoms with Crippen LogP contribution < -0.4 is 10.1 Å². The summed E-state index contributed by atoms with van der Waals surface area (Å²) in [4.78, 5) is 26.0. The lowest BCUT2D eigenvalue weighted by molar-refractivity contribution is -0.120. The molecule has 0 saturated carbocycles. The second-order valence-corrected chi connectivity index (χ2v) is 8.33. The fourth-order valence-electron chi connectivity index (χ4n) is 3.64. The molecule has 1 aromatic heterocycles. The second-order valence-electron chi connectivity index (χ2n) is 7.89. The van der Waals surface area contributed by atoms with Crippen molar-refractivity contribution in [3.8, 4) is 5.75 Å². The van der Waals surface area contributed by atoms with Gasteiger partial charge in [0.05, 0.1) is 25.2 Å². The first-order valence-electron chi connectivity index (χ1n) is 10.7. The fourth-order valence-corrected chi connectivity index (χ4v) is 3.76. The smallest absolute Gasteiger partial charge is 0.262 e. The number of amides is 1. The number of ether oxygens (including phenoxy) is 2. The molecule has 0 aliphatic rings. The first kappa shape index (κ1) is 23.8. The van der Waals surface area contributed by atoms with Crippen LogP contribution in [0.5, 0.6) is 5.75 Å². The summed E-state index contributed by atoms with van der Waals surface area (Å²) in [6.07, 6.45) is 1.09. The quantitative estimate of drug-likeness (QED) is 0.471. The number of hydrogen-bond acceptors (Lipinski definition) is 4.